The molecule has 2 N–H and O–H groups in total. The summed E-state index contributed by atoms with van der Waals surface area (Å²) >= 11 is 0. The summed E-state index contributed by atoms with van der Waals surface area (Å²) in [6.07, 6.45) is -0.936. The predicted octanol–water partition coefficient (Wildman–Crippen LogP) is 1.51. The van der Waals surface area contributed by atoms with E-state index in [1.54, 1.807) is 28.5 Å². The lowest BCUT2D eigenvalue weighted by molar-refractivity contribution is -0.160. The maximum atomic E-state index is 12.4. The number of hydrogen-bond donors (Lipinski definition) is 2. The number of carbonyl (C=O) groups is 3. The molecule has 0 bridgehead atoms. The summed E-state index contributed by atoms with van der Waals surface area (Å²) in [5.41, 5.74) is -1.29. The number of ether oxygens (including phenoxy) is 3. The molecule has 0 aliphatic carbocycles. The first kappa shape index (κ1) is 26.5. The molecular formula is C21H28N2O9S2. The van der Waals surface area contributed by atoms with Gasteiger partial charge in [0.1, 0.15) is 11.9 Å². The molecule has 1 aromatic rings. The van der Waals surface area contributed by atoms with Crippen LogP contribution in [0.3, 0.4) is 0 Å². The van der Waals surface area contributed by atoms with Gasteiger partial charge in [-0.15, -0.1) is 0 Å². The molecule has 0 saturated carbocycles. The van der Waals surface area contributed by atoms with Gasteiger partial charge < -0.3 is 19.3 Å². The first-order valence-electron chi connectivity index (χ1n) is 11.1. The lowest BCUT2D eigenvalue weighted by atomic mass is 10.1. The number of carbonyl (C=O) groups excluding carboxylic acids is 2. The summed E-state index contributed by atoms with van der Waals surface area (Å²) in [7, 11) is 3.47. The van der Waals surface area contributed by atoms with E-state index in [2.05, 4.69) is 4.98 Å². The number of nitrogens with zero attached hydrogens (tertiary/aromatic N) is 1. The van der Waals surface area contributed by atoms with Crippen molar-refractivity contribution < 1.29 is 33.7 Å². The van der Waals surface area contributed by atoms with E-state index in [0.29, 0.717) is 18.1 Å². The number of rotatable bonds is 12. The Kier molecular flexibility index (Phi) is 9.80. The van der Waals surface area contributed by atoms with Gasteiger partial charge in [-0.2, -0.15) is 0 Å². The van der Waals surface area contributed by atoms with Crippen LogP contribution in [0.2, 0.25) is 0 Å². The molecule has 0 aromatic carbocycles. The van der Waals surface area contributed by atoms with Crippen molar-refractivity contribution in [2.45, 2.75) is 75.2 Å². The molecule has 0 radical (unpaired) electrons. The van der Waals surface area contributed by atoms with Gasteiger partial charge in [0.2, 0.25) is 0 Å². The van der Waals surface area contributed by atoms with E-state index in [1.807, 2.05) is 0 Å². The molecule has 13 heteroatoms. The zero-order valence-electron chi connectivity index (χ0n) is 18.7. The van der Waals surface area contributed by atoms with Crippen molar-refractivity contribution in [1.82, 2.24) is 9.55 Å². The molecule has 3 rings (SSSR count). The number of Topliss-reactive ketones (excluding diaryl/α,β-unsaturated/α-hetero) is 1. The number of nitrogens with one attached hydrogen (secondary N) is 1. The monoisotopic (exact) mass is 516 g/mol. The molecule has 188 valence electrons. The lowest BCUT2D eigenvalue weighted by Gasteiger charge is -2.25. The van der Waals surface area contributed by atoms with Crippen molar-refractivity contribution >= 4 is 39.3 Å². The summed E-state index contributed by atoms with van der Waals surface area (Å²) in [5.74, 6) is -0.779. The van der Waals surface area contributed by atoms with Crippen molar-refractivity contribution in [2.24, 2.45) is 0 Å². The van der Waals surface area contributed by atoms with E-state index in [4.69, 9.17) is 19.3 Å². The van der Waals surface area contributed by atoms with Crippen LogP contribution in [0.5, 0.6) is 0 Å². The second-order valence-corrected chi connectivity index (χ2v) is 10.8. The summed E-state index contributed by atoms with van der Waals surface area (Å²) in [6, 6.07) is 1.16. The van der Waals surface area contributed by atoms with Crippen LogP contribution in [-0.4, -0.2) is 68.3 Å². The van der Waals surface area contributed by atoms with Crippen LogP contribution >= 0.6 is 21.6 Å². The minimum absolute atomic E-state index is 0.0333. The zero-order valence-corrected chi connectivity index (χ0v) is 20.3. The number of carboxylic acids is 1. The minimum atomic E-state index is -1.13. The number of carboxylic acid groups (broad SMARTS) is 1. The number of hydrogen-bond acceptors (Lipinski definition) is 10. The molecule has 3 heterocycles. The van der Waals surface area contributed by atoms with E-state index in [1.165, 1.54) is 6.20 Å². The number of aliphatic carboxylic acids is 1. The van der Waals surface area contributed by atoms with Gasteiger partial charge in [0, 0.05) is 36.1 Å². The zero-order chi connectivity index (χ0) is 24.7. The van der Waals surface area contributed by atoms with Crippen LogP contribution in [-0.2, 0) is 28.6 Å². The fraction of sp³-hybridized carbons (Fsp3) is 0.667. The van der Waals surface area contributed by atoms with Crippen LogP contribution in [0.25, 0.3) is 0 Å². The molecule has 2 saturated heterocycles. The molecule has 2 aliphatic heterocycles. The number of aromatic nitrogens is 2. The topological polar surface area (TPSA) is 154 Å². The number of H-pyrrole nitrogens is 1. The molecule has 0 spiro atoms. The normalized spacial score (nSPS) is 26.4. The van der Waals surface area contributed by atoms with Gasteiger partial charge in [-0.1, -0.05) is 28.5 Å². The van der Waals surface area contributed by atoms with Crippen LogP contribution < -0.4 is 11.2 Å². The SMILES string of the molecule is CC[C@H]1O[C@@H](n2ccc(=O)[nH]c2=O)[C@@H](OCCC(=O)CC2CCSS2)C1OC(=O)CCC(=O)O. The lowest BCUT2D eigenvalue weighted by Crippen LogP contribution is -2.41. The van der Waals surface area contributed by atoms with Crippen molar-refractivity contribution in [3.63, 3.8) is 0 Å². The summed E-state index contributed by atoms with van der Waals surface area (Å²) < 4.78 is 18.6. The van der Waals surface area contributed by atoms with Crippen molar-refractivity contribution in [3.05, 3.63) is 33.1 Å². The molecule has 5 atom stereocenters. The van der Waals surface area contributed by atoms with Gasteiger partial charge in [-0.25, -0.2) is 4.79 Å². The molecule has 0 amide bonds. The third-order valence-corrected chi connectivity index (χ3v) is 8.44. The van der Waals surface area contributed by atoms with Gasteiger partial charge in [-0.3, -0.25) is 28.7 Å². The predicted molar refractivity (Wildman–Crippen MR) is 125 cm³/mol. The quantitative estimate of drug-likeness (QED) is 0.307. The summed E-state index contributed by atoms with van der Waals surface area (Å²) in [6.45, 7) is 1.84. The van der Waals surface area contributed by atoms with Gasteiger partial charge >= 0.3 is 17.6 Å². The van der Waals surface area contributed by atoms with Crippen molar-refractivity contribution in [3.8, 4) is 0 Å². The van der Waals surface area contributed by atoms with Crippen LogP contribution in [0.4, 0.5) is 0 Å². The second kappa shape index (κ2) is 12.6. The van der Waals surface area contributed by atoms with E-state index < -0.39 is 47.7 Å². The largest absolute Gasteiger partial charge is 0.481 e. The Morgan fingerprint density at radius 2 is 2.03 bits per heavy atom. The van der Waals surface area contributed by atoms with Gasteiger partial charge in [0.25, 0.3) is 5.56 Å². The minimum Gasteiger partial charge on any atom is -0.481 e. The van der Waals surface area contributed by atoms with Crippen molar-refractivity contribution in [1.29, 1.82) is 0 Å². The average Bonchev–Trinajstić information content (AvgIpc) is 3.40. The maximum absolute atomic E-state index is 12.4. The van der Waals surface area contributed by atoms with Crippen LogP contribution in [0.15, 0.2) is 21.9 Å². The van der Waals surface area contributed by atoms with E-state index in [-0.39, 0.29) is 31.7 Å². The highest BCUT2D eigenvalue weighted by Crippen LogP contribution is 2.39. The molecule has 11 nitrogen and oxygen atoms in total. The Morgan fingerprint density at radius 3 is 2.68 bits per heavy atom. The average molecular weight is 517 g/mol. The van der Waals surface area contributed by atoms with Gasteiger partial charge in [0.05, 0.1) is 25.6 Å². The molecule has 2 fully saturated rings. The maximum Gasteiger partial charge on any atom is 0.330 e. The fourth-order valence-electron chi connectivity index (χ4n) is 3.80. The first-order valence-corrected chi connectivity index (χ1v) is 13.5. The summed E-state index contributed by atoms with van der Waals surface area (Å²) in [4.78, 5) is 61.5. The Morgan fingerprint density at radius 1 is 1.24 bits per heavy atom. The summed E-state index contributed by atoms with van der Waals surface area (Å²) in [5, 5.41) is 9.13. The van der Waals surface area contributed by atoms with Crippen LogP contribution in [0.1, 0.15) is 51.7 Å². The highest BCUT2D eigenvalue weighted by molar-refractivity contribution is 8.77. The smallest absolute Gasteiger partial charge is 0.330 e. The highest BCUT2D eigenvalue weighted by atomic mass is 33.1. The first-order chi connectivity index (χ1) is 16.3. The van der Waals surface area contributed by atoms with Gasteiger partial charge in [0.15, 0.2) is 12.3 Å². The Balaban J connectivity index is 1.73. The Labute approximate surface area is 203 Å². The fourth-order valence-corrected chi connectivity index (χ4v) is 6.73. The standard InChI is InChI=1S/C21H28N2O9S2/c1-2-14-18(32-17(28)4-3-16(26)27)19(20(31-14)23-8-5-15(25)22-21(23)29)30-9-6-12(24)11-13-7-10-33-34-13/h5,8,13-14,18-20H,2-4,6-7,9-11H2,1H3,(H,26,27)(H,22,25,29)/t13?,14-,18?,19+,20-/m1/s1. The number of esters is 1. The molecule has 2 aliphatic rings. The molecular weight excluding hydrogens is 488 g/mol. The Hall–Kier alpha value is -2.09. The Bertz CT molecular complexity index is 989. The third kappa shape index (κ3) is 7.20. The van der Waals surface area contributed by atoms with E-state index in [0.717, 1.165) is 22.8 Å². The third-order valence-electron chi connectivity index (χ3n) is 5.50. The highest BCUT2D eigenvalue weighted by Gasteiger charge is 2.48. The van der Waals surface area contributed by atoms with Crippen LogP contribution in [0, 0.1) is 0 Å². The van der Waals surface area contributed by atoms with E-state index >= 15 is 0 Å². The molecule has 34 heavy (non-hydrogen) atoms. The van der Waals surface area contributed by atoms with E-state index in [9.17, 15) is 24.0 Å². The molecule has 2 unspecified atom stereocenters. The second-order valence-electron chi connectivity index (χ2n) is 8.00. The molecule has 1 aromatic heterocycles. The number of aromatic amines is 1. The van der Waals surface area contributed by atoms with Crippen molar-refractivity contribution in [2.75, 3.05) is 12.4 Å². The van der Waals surface area contributed by atoms with Gasteiger partial charge in [-0.05, 0) is 12.8 Å². The number of ketones is 1.